The van der Waals surface area contributed by atoms with Crippen molar-refractivity contribution >= 4 is 12.0 Å². The van der Waals surface area contributed by atoms with Gasteiger partial charge in [0.1, 0.15) is 17.1 Å². The van der Waals surface area contributed by atoms with E-state index in [4.69, 9.17) is 0 Å². The van der Waals surface area contributed by atoms with Crippen molar-refractivity contribution in [3.63, 3.8) is 0 Å². The van der Waals surface area contributed by atoms with E-state index in [2.05, 4.69) is 11.7 Å². The van der Waals surface area contributed by atoms with Gasteiger partial charge >= 0.3 is 0 Å². The second kappa shape index (κ2) is 4.27. The Kier molecular flexibility index (Phi) is 3.26. The summed E-state index contributed by atoms with van der Waals surface area (Å²) in [4.78, 5) is 10.8. The molecule has 1 aromatic heterocycles. The summed E-state index contributed by atoms with van der Waals surface area (Å²) in [5.74, 6) is -0.181. The van der Waals surface area contributed by atoms with Crippen molar-refractivity contribution in [3.8, 4) is 0 Å². The third-order valence-electron chi connectivity index (χ3n) is 2.06. The highest BCUT2D eigenvalue weighted by Crippen LogP contribution is 2.17. The van der Waals surface area contributed by atoms with Gasteiger partial charge in [-0.2, -0.15) is 5.10 Å². The molecule has 0 saturated heterocycles. The first-order valence-electron chi connectivity index (χ1n) is 4.56. The second-order valence-corrected chi connectivity index (χ2v) is 3.45. The minimum atomic E-state index is -0.609. The van der Waals surface area contributed by atoms with Crippen molar-refractivity contribution in [2.45, 2.75) is 26.5 Å². The molecular weight excluding hydrogens is 196 g/mol. The van der Waals surface area contributed by atoms with Gasteiger partial charge in [0.25, 0.3) is 0 Å². The topological polar surface area (TPSA) is 75.3 Å². The largest absolute Gasteiger partial charge is 0.506 e. The zero-order valence-corrected chi connectivity index (χ0v) is 8.77. The molecule has 1 aromatic rings. The third kappa shape index (κ3) is 2.24. The molecule has 1 rings (SSSR count). The fraction of sp³-hybridized carbons (Fsp3) is 0.400. The number of aliphatic hydroxyl groups excluding tert-OH is 2. The number of hydrogen-bond donors (Lipinski definition) is 2. The number of aliphatic hydroxyl groups is 2. The molecule has 5 heteroatoms. The van der Waals surface area contributed by atoms with Crippen LogP contribution in [0.2, 0.25) is 0 Å². The van der Waals surface area contributed by atoms with Crippen molar-refractivity contribution in [2.75, 3.05) is 0 Å². The van der Waals surface area contributed by atoms with Gasteiger partial charge in [0.05, 0.1) is 12.6 Å². The van der Waals surface area contributed by atoms with Crippen molar-refractivity contribution in [1.82, 2.24) is 9.78 Å². The summed E-state index contributed by atoms with van der Waals surface area (Å²) in [7, 11) is 0. The normalized spacial score (nSPS) is 12.5. The summed E-state index contributed by atoms with van der Waals surface area (Å²) >= 11 is 0. The van der Waals surface area contributed by atoms with Crippen LogP contribution in [0, 0.1) is 6.92 Å². The van der Waals surface area contributed by atoms with Gasteiger partial charge in [-0.3, -0.25) is 9.48 Å². The summed E-state index contributed by atoms with van der Waals surface area (Å²) in [5, 5.41) is 22.4. The first-order chi connectivity index (χ1) is 6.97. The van der Waals surface area contributed by atoms with Crippen molar-refractivity contribution < 1.29 is 15.0 Å². The minimum Gasteiger partial charge on any atom is -0.506 e. The van der Waals surface area contributed by atoms with E-state index in [1.165, 1.54) is 4.68 Å². The highest BCUT2D eigenvalue weighted by atomic mass is 16.3. The van der Waals surface area contributed by atoms with Gasteiger partial charge in [-0.1, -0.05) is 6.58 Å². The Labute approximate surface area is 87.7 Å². The molecule has 0 amide bonds. The fourth-order valence-electron chi connectivity index (χ4n) is 1.38. The van der Waals surface area contributed by atoms with E-state index in [0.29, 0.717) is 17.5 Å². The summed E-state index contributed by atoms with van der Waals surface area (Å²) < 4.78 is 1.36. The molecule has 0 fully saturated rings. The lowest BCUT2D eigenvalue weighted by atomic mass is 10.2. The van der Waals surface area contributed by atoms with E-state index in [1.807, 2.05) is 0 Å². The van der Waals surface area contributed by atoms with Gasteiger partial charge in [0.2, 0.25) is 0 Å². The molecule has 15 heavy (non-hydrogen) atoms. The van der Waals surface area contributed by atoms with Gasteiger partial charge in [-0.25, -0.2) is 0 Å². The molecule has 0 radical (unpaired) electrons. The van der Waals surface area contributed by atoms with Gasteiger partial charge in [-0.05, 0) is 13.8 Å². The maximum absolute atomic E-state index is 10.8. The van der Waals surface area contributed by atoms with Crippen LogP contribution in [-0.2, 0) is 6.54 Å². The van der Waals surface area contributed by atoms with E-state index in [1.54, 1.807) is 13.8 Å². The Balaban J connectivity index is 3.21. The average molecular weight is 210 g/mol. The average Bonchev–Trinajstić information content (AvgIpc) is 2.41. The van der Waals surface area contributed by atoms with Crippen LogP contribution in [0.5, 0.6) is 0 Å². The van der Waals surface area contributed by atoms with Gasteiger partial charge < -0.3 is 10.2 Å². The van der Waals surface area contributed by atoms with Crippen molar-refractivity contribution in [1.29, 1.82) is 0 Å². The molecule has 1 unspecified atom stereocenters. The molecule has 0 aliphatic rings. The molecule has 2 N–H and O–H groups in total. The molecule has 1 heterocycles. The molecule has 82 valence electrons. The SMILES string of the molecule is C=C(O)c1nn(CC(C)O)c(C=O)c1C. The minimum absolute atomic E-state index is 0.181. The molecule has 1 atom stereocenters. The zero-order chi connectivity index (χ0) is 11.6. The van der Waals surface area contributed by atoms with Crippen LogP contribution in [-0.4, -0.2) is 32.4 Å². The van der Waals surface area contributed by atoms with Crippen LogP contribution in [0.3, 0.4) is 0 Å². The first-order valence-corrected chi connectivity index (χ1v) is 4.56. The van der Waals surface area contributed by atoms with E-state index < -0.39 is 6.10 Å². The maximum atomic E-state index is 10.8. The first kappa shape index (κ1) is 11.5. The summed E-state index contributed by atoms with van der Waals surface area (Å²) in [6.45, 7) is 6.83. The Morgan fingerprint density at radius 3 is 2.73 bits per heavy atom. The van der Waals surface area contributed by atoms with Crippen LogP contribution in [0.25, 0.3) is 5.76 Å². The number of nitrogens with zero attached hydrogens (tertiary/aromatic N) is 2. The van der Waals surface area contributed by atoms with Crippen LogP contribution in [0.4, 0.5) is 0 Å². The Bertz CT molecular complexity index is 394. The van der Waals surface area contributed by atoms with Crippen molar-refractivity contribution in [3.05, 3.63) is 23.5 Å². The number of aromatic nitrogens is 2. The second-order valence-electron chi connectivity index (χ2n) is 3.45. The van der Waals surface area contributed by atoms with E-state index in [0.717, 1.165) is 0 Å². The molecule has 0 aliphatic heterocycles. The number of aldehydes is 1. The highest BCUT2D eigenvalue weighted by molar-refractivity contribution is 5.77. The van der Waals surface area contributed by atoms with Crippen molar-refractivity contribution in [2.24, 2.45) is 0 Å². The zero-order valence-electron chi connectivity index (χ0n) is 8.77. The Morgan fingerprint density at radius 1 is 1.73 bits per heavy atom. The van der Waals surface area contributed by atoms with Crippen LogP contribution in [0.15, 0.2) is 6.58 Å². The molecule has 0 bridgehead atoms. The number of rotatable bonds is 4. The molecule has 0 saturated carbocycles. The molecule has 5 nitrogen and oxygen atoms in total. The monoisotopic (exact) mass is 210 g/mol. The summed E-state index contributed by atoms with van der Waals surface area (Å²) in [6, 6.07) is 0. The lowest BCUT2D eigenvalue weighted by Gasteiger charge is -2.05. The van der Waals surface area contributed by atoms with Crippen LogP contribution in [0.1, 0.15) is 28.7 Å². The lowest BCUT2D eigenvalue weighted by molar-refractivity contribution is 0.110. The van der Waals surface area contributed by atoms with Crippen LogP contribution < -0.4 is 0 Å². The van der Waals surface area contributed by atoms with E-state index in [-0.39, 0.29) is 18.0 Å². The molecular formula is C10H14N2O3. The number of hydrogen-bond acceptors (Lipinski definition) is 4. The van der Waals surface area contributed by atoms with E-state index in [9.17, 15) is 15.0 Å². The van der Waals surface area contributed by atoms with Gasteiger partial charge in [0, 0.05) is 5.56 Å². The predicted molar refractivity (Wildman–Crippen MR) is 55.7 cm³/mol. The quantitative estimate of drug-likeness (QED) is 0.572. The lowest BCUT2D eigenvalue weighted by Crippen LogP contribution is -2.15. The molecule has 0 spiro atoms. The fourth-order valence-corrected chi connectivity index (χ4v) is 1.38. The smallest absolute Gasteiger partial charge is 0.168 e. The molecule has 0 aliphatic carbocycles. The molecule has 0 aromatic carbocycles. The predicted octanol–water partition coefficient (Wildman–Crippen LogP) is 0.914. The standard InChI is InChI=1S/C10H14N2O3/c1-6(14)4-12-9(5-13)7(2)10(11-12)8(3)15/h5-6,14-15H,3-4H2,1-2H3. The Morgan fingerprint density at radius 2 is 2.33 bits per heavy atom. The van der Waals surface area contributed by atoms with Gasteiger partial charge in [0.15, 0.2) is 6.29 Å². The third-order valence-corrected chi connectivity index (χ3v) is 2.06. The maximum Gasteiger partial charge on any atom is 0.168 e. The van der Waals surface area contributed by atoms with E-state index >= 15 is 0 Å². The number of carbonyl (C=O) groups is 1. The number of carbonyl (C=O) groups excluding carboxylic acids is 1. The summed E-state index contributed by atoms with van der Waals surface area (Å²) in [5.41, 5.74) is 1.21. The van der Waals surface area contributed by atoms with Crippen LogP contribution >= 0.6 is 0 Å². The summed E-state index contributed by atoms with van der Waals surface area (Å²) in [6.07, 6.45) is 0.0414. The Hall–Kier alpha value is -1.62. The van der Waals surface area contributed by atoms with Gasteiger partial charge in [-0.15, -0.1) is 0 Å². The highest BCUT2D eigenvalue weighted by Gasteiger charge is 2.16.